The molecule has 0 saturated heterocycles. The molecule has 1 atom stereocenters. The summed E-state index contributed by atoms with van der Waals surface area (Å²) in [4.78, 5) is 12.4. The normalized spacial score (nSPS) is 14.0. The summed E-state index contributed by atoms with van der Waals surface area (Å²) < 4.78 is 0. The molecule has 1 unspecified atom stereocenters. The quantitative estimate of drug-likeness (QED) is 0.689. The van der Waals surface area contributed by atoms with Gasteiger partial charge in [0.1, 0.15) is 6.29 Å². The molecule has 1 aromatic carbocycles. The standard InChI is InChI=1S/C19H22OS/c1-14(13-20)18(12-17-6-5-11-21-17)15-7-9-16(10-8-15)19(2,3)4/h5-14H,1-4H3/b18-12+. The first-order valence-corrected chi connectivity index (χ1v) is 8.11. The maximum absolute atomic E-state index is 11.2. The fraction of sp³-hybridized carbons (Fsp3) is 0.316. The SMILES string of the molecule is CC(C=O)/C(=C\c1cccs1)c1ccc(C(C)(C)C)cc1. The van der Waals surface area contributed by atoms with Crippen LogP contribution in [0.2, 0.25) is 0 Å². The van der Waals surface area contributed by atoms with E-state index in [1.807, 2.05) is 13.0 Å². The van der Waals surface area contributed by atoms with Gasteiger partial charge in [-0.25, -0.2) is 0 Å². The third-order valence-electron chi connectivity index (χ3n) is 3.62. The van der Waals surface area contributed by atoms with Crippen LogP contribution in [0.5, 0.6) is 0 Å². The molecule has 2 rings (SSSR count). The summed E-state index contributed by atoms with van der Waals surface area (Å²) in [6, 6.07) is 12.7. The zero-order valence-electron chi connectivity index (χ0n) is 13.1. The second kappa shape index (κ2) is 6.40. The number of aldehydes is 1. The summed E-state index contributed by atoms with van der Waals surface area (Å²) in [5.41, 5.74) is 3.65. The predicted molar refractivity (Wildman–Crippen MR) is 92.6 cm³/mol. The minimum absolute atomic E-state index is 0.104. The molecule has 1 aromatic heterocycles. The molecule has 2 heteroatoms. The van der Waals surface area contributed by atoms with Gasteiger partial charge in [0.15, 0.2) is 0 Å². The van der Waals surface area contributed by atoms with Crippen molar-refractivity contribution in [2.75, 3.05) is 0 Å². The number of hydrogen-bond donors (Lipinski definition) is 0. The fourth-order valence-corrected chi connectivity index (χ4v) is 2.91. The number of benzene rings is 1. The van der Waals surface area contributed by atoms with Crippen LogP contribution in [0.15, 0.2) is 41.8 Å². The third kappa shape index (κ3) is 3.92. The van der Waals surface area contributed by atoms with E-state index in [1.54, 1.807) is 11.3 Å². The highest BCUT2D eigenvalue weighted by Crippen LogP contribution is 2.29. The van der Waals surface area contributed by atoms with E-state index in [-0.39, 0.29) is 11.3 Å². The van der Waals surface area contributed by atoms with Gasteiger partial charge in [-0.05, 0) is 39.6 Å². The predicted octanol–water partition coefficient (Wildman–Crippen LogP) is 5.42. The summed E-state index contributed by atoms with van der Waals surface area (Å²) in [5, 5.41) is 2.05. The van der Waals surface area contributed by atoms with Gasteiger partial charge in [0, 0.05) is 10.8 Å². The topological polar surface area (TPSA) is 17.1 Å². The van der Waals surface area contributed by atoms with E-state index in [1.165, 1.54) is 10.4 Å². The van der Waals surface area contributed by atoms with Gasteiger partial charge in [-0.3, -0.25) is 0 Å². The molecule has 0 saturated carbocycles. The van der Waals surface area contributed by atoms with E-state index in [0.29, 0.717) is 0 Å². The van der Waals surface area contributed by atoms with E-state index in [2.05, 4.69) is 62.6 Å². The van der Waals surface area contributed by atoms with Crippen molar-refractivity contribution in [2.45, 2.75) is 33.1 Å². The summed E-state index contributed by atoms with van der Waals surface area (Å²) in [6.45, 7) is 8.57. The van der Waals surface area contributed by atoms with E-state index in [4.69, 9.17) is 0 Å². The Kier molecular flexibility index (Phi) is 4.79. The van der Waals surface area contributed by atoms with Crippen LogP contribution < -0.4 is 0 Å². The zero-order chi connectivity index (χ0) is 15.5. The molecule has 110 valence electrons. The molecule has 21 heavy (non-hydrogen) atoms. The van der Waals surface area contributed by atoms with Crippen molar-refractivity contribution < 1.29 is 4.79 Å². The number of thiophene rings is 1. The monoisotopic (exact) mass is 298 g/mol. The van der Waals surface area contributed by atoms with Crippen LogP contribution in [0.1, 0.15) is 43.7 Å². The summed E-state index contributed by atoms with van der Waals surface area (Å²) >= 11 is 1.69. The van der Waals surface area contributed by atoms with Gasteiger partial charge in [0.2, 0.25) is 0 Å². The smallest absolute Gasteiger partial charge is 0.127 e. The highest BCUT2D eigenvalue weighted by Gasteiger charge is 2.15. The van der Waals surface area contributed by atoms with Gasteiger partial charge in [0.05, 0.1) is 0 Å². The molecule has 2 aromatic rings. The lowest BCUT2D eigenvalue weighted by molar-refractivity contribution is -0.109. The maximum Gasteiger partial charge on any atom is 0.127 e. The summed E-state index contributed by atoms with van der Waals surface area (Å²) in [6.07, 6.45) is 3.13. The molecule has 0 radical (unpaired) electrons. The van der Waals surface area contributed by atoms with Gasteiger partial charge < -0.3 is 4.79 Å². The van der Waals surface area contributed by atoms with E-state index >= 15 is 0 Å². The first-order valence-electron chi connectivity index (χ1n) is 7.23. The van der Waals surface area contributed by atoms with Crippen molar-refractivity contribution in [3.63, 3.8) is 0 Å². The molecule has 0 N–H and O–H groups in total. The zero-order valence-corrected chi connectivity index (χ0v) is 13.9. The summed E-state index contributed by atoms with van der Waals surface area (Å²) in [5.74, 6) is -0.104. The lowest BCUT2D eigenvalue weighted by Gasteiger charge is -2.20. The molecular weight excluding hydrogens is 276 g/mol. The average Bonchev–Trinajstić information content (AvgIpc) is 2.96. The van der Waals surface area contributed by atoms with Crippen LogP contribution >= 0.6 is 11.3 Å². The molecular formula is C19H22OS. The van der Waals surface area contributed by atoms with E-state index in [9.17, 15) is 4.79 Å². The van der Waals surface area contributed by atoms with Crippen molar-refractivity contribution in [1.29, 1.82) is 0 Å². The molecule has 0 aliphatic heterocycles. The van der Waals surface area contributed by atoms with Gasteiger partial charge >= 0.3 is 0 Å². The molecule has 0 fully saturated rings. The first-order chi connectivity index (χ1) is 9.91. The van der Waals surface area contributed by atoms with Crippen LogP contribution in [0.25, 0.3) is 11.6 Å². The number of hydrogen-bond acceptors (Lipinski definition) is 2. The third-order valence-corrected chi connectivity index (χ3v) is 4.44. The van der Waals surface area contributed by atoms with Crippen molar-refractivity contribution in [2.24, 2.45) is 5.92 Å². The summed E-state index contributed by atoms with van der Waals surface area (Å²) in [7, 11) is 0. The Hall–Kier alpha value is -1.67. The van der Waals surface area contributed by atoms with Crippen molar-refractivity contribution >= 4 is 29.3 Å². The van der Waals surface area contributed by atoms with Gasteiger partial charge in [-0.1, -0.05) is 58.0 Å². The first kappa shape index (κ1) is 15.7. The Morgan fingerprint density at radius 3 is 2.29 bits per heavy atom. The van der Waals surface area contributed by atoms with Crippen LogP contribution in [-0.4, -0.2) is 6.29 Å². The number of carbonyl (C=O) groups is 1. The lowest BCUT2D eigenvalue weighted by Crippen LogP contribution is -2.11. The van der Waals surface area contributed by atoms with Crippen molar-refractivity contribution in [1.82, 2.24) is 0 Å². The Morgan fingerprint density at radius 1 is 1.14 bits per heavy atom. The lowest BCUT2D eigenvalue weighted by atomic mass is 9.85. The van der Waals surface area contributed by atoms with E-state index < -0.39 is 0 Å². The van der Waals surface area contributed by atoms with Gasteiger partial charge in [-0.15, -0.1) is 11.3 Å². The van der Waals surface area contributed by atoms with Gasteiger partial charge in [-0.2, -0.15) is 0 Å². The largest absolute Gasteiger partial charge is 0.303 e. The minimum Gasteiger partial charge on any atom is -0.303 e. The minimum atomic E-state index is -0.104. The van der Waals surface area contributed by atoms with Crippen LogP contribution in [-0.2, 0) is 10.2 Å². The Labute approximate surface area is 131 Å². The van der Waals surface area contributed by atoms with Crippen molar-refractivity contribution in [3.05, 3.63) is 57.8 Å². The average molecular weight is 298 g/mol. The molecule has 0 spiro atoms. The Bertz CT molecular complexity index is 613. The van der Waals surface area contributed by atoms with Crippen molar-refractivity contribution in [3.8, 4) is 0 Å². The molecule has 0 aliphatic carbocycles. The molecule has 1 nitrogen and oxygen atoms in total. The second-order valence-electron chi connectivity index (χ2n) is 6.37. The van der Waals surface area contributed by atoms with Gasteiger partial charge in [0.25, 0.3) is 0 Å². The van der Waals surface area contributed by atoms with E-state index in [0.717, 1.165) is 17.4 Å². The second-order valence-corrected chi connectivity index (χ2v) is 7.35. The number of carbonyl (C=O) groups excluding carboxylic acids is 1. The molecule has 0 bridgehead atoms. The Balaban J connectivity index is 2.40. The molecule has 0 amide bonds. The molecule has 1 heterocycles. The highest BCUT2D eigenvalue weighted by atomic mass is 32.1. The molecule has 0 aliphatic rings. The number of allylic oxidation sites excluding steroid dienone is 1. The Morgan fingerprint density at radius 2 is 1.81 bits per heavy atom. The highest BCUT2D eigenvalue weighted by molar-refractivity contribution is 7.10. The van der Waals surface area contributed by atoms with Crippen LogP contribution in [0.3, 0.4) is 0 Å². The number of rotatable bonds is 4. The van der Waals surface area contributed by atoms with Crippen LogP contribution in [0, 0.1) is 5.92 Å². The van der Waals surface area contributed by atoms with Crippen LogP contribution in [0.4, 0.5) is 0 Å². The maximum atomic E-state index is 11.2. The fourth-order valence-electron chi connectivity index (χ4n) is 2.24.